The van der Waals surface area contributed by atoms with Crippen LogP contribution in [0.2, 0.25) is 0 Å². The van der Waals surface area contributed by atoms with E-state index in [-0.39, 0.29) is 11.9 Å². The van der Waals surface area contributed by atoms with Crippen molar-refractivity contribution in [1.82, 2.24) is 20.6 Å². The van der Waals surface area contributed by atoms with Crippen LogP contribution in [-0.2, 0) is 0 Å². The summed E-state index contributed by atoms with van der Waals surface area (Å²) in [5, 5.41) is 6.80. The molecule has 1 aromatic heterocycles. The average molecular weight is 383 g/mol. The predicted octanol–water partition coefficient (Wildman–Crippen LogP) is 2.81. The van der Waals surface area contributed by atoms with Gasteiger partial charge in [-0.25, -0.2) is 14.4 Å². The van der Waals surface area contributed by atoms with Crippen LogP contribution in [0, 0.1) is 12.7 Å². The Hall–Kier alpha value is -2.67. The number of nitrogens with zero attached hydrogens (tertiary/aromatic N) is 3. The first-order chi connectivity index (χ1) is 13.5. The van der Waals surface area contributed by atoms with E-state index in [2.05, 4.69) is 27.4 Å². The van der Waals surface area contributed by atoms with Crippen molar-refractivity contribution in [2.45, 2.75) is 32.4 Å². The van der Waals surface area contributed by atoms with Crippen molar-refractivity contribution in [2.75, 3.05) is 31.6 Å². The number of piperazine rings is 1. The van der Waals surface area contributed by atoms with E-state index in [4.69, 9.17) is 9.72 Å². The molecule has 2 unspecified atom stereocenters. The molecule has 2 aliphatic heterocycles. The van der Waals surface area contributed by atoms with Gasteiger partial charge in [-0.2, -0.15) is 0 Å². The van der Waals surface area contributed by atoms with Crippen molar-refractivity contribution in [3.8, 4) is 5.75 Å². The lowest BCUT2D eigenvalue weighted by atomic mass is 9.99. The minimum absolute atomic E-state index is 0.0138. The zero-order chi connectivity index (χ0) is 19.7. The van der Waals surface area contributed by atoms with Gasteiger partial charge in [-0.15, -0.1) is 0 Å². The van der Waals surface area contributed by atoms with Crippen LogP contribution in [0.3, 0.4) is 0 Å². The average Bonchev–Trinajstić information content (AvgIpc) is 3.17. The van der Waals surface area contributed by atoms with Crippen LogP contribution in [0.15, 0.2) is 30.5 Å². The number of hydrogen-bond acceptors (Lipinski definition) is 6. The Morgan fingerprint density at radius 3 is 2.93 bits per heavy atom. The van der Waals surface area contributed by atoms with Crippen LogP contribution in [0.25, 0.3) is 5.57 Å². The summed E-state index contributed by atoms with van der Waals surface area (Å²) >= 11 is 0. The molecule has 2 N–H and O–H groups in total. The van der Waals surface area contributed by atoms with Crippen LogP contribution >= 0.6 is 0 Å². The monoisotopic (exact) mass is 383 g/mol. The quantitative estimate of drug-likeness (QED) is 0.847. The second-order valence-corrected chi connectivity index (χ2v) is 7.45. The van der Waals surface area contributed by atoms with Gasteiger partial charge >= 0.3 is 0 Å². The van der Waals surface area contributed by atoms with Crippen molar-refractivity contribution >= 4 is 11.5 Å². The van der Waals surface area contributed by atoms with Crippen LogP contribution in [0.1, 0.15) is 36.3 Å². The number of aromatic nitrogens is 2. The Morgan fingerprint density at radius 1 is 1.29 bits per heavy atom. The minimum Gasteiger partial charge on any atom is -0.496 e. The summed E-state index contributed by atoms with van der Waals surface area (Å²) in [6, 6.07) is 7.30. The van der Waals surface area contributed by atoms with Gasteiger partial charge in [0.2, 0.25) is 5.95 Å². The SMILES string of the molecule is COc1cccc(F)c1C1=CNC(c2cc(C)nc(N3CCNC(C)C3)n2)C1. The Bertz CT molecular complexity index is 900. The number of methoxy groups -OCH3 is 1. The first kappa shape index (κ1) is 18.7. The highest BCUT2D eigenvalue weighted by Crippen LogP contribution is 2.37. The Morgan fingerprint density at radius 2 is 2.14 bits per heavy atom. The molecule has 0 spiro atoms. The lowest BCUT2D eigenvalue weighted by Gasteiger charge is -2.32. The maximum absolute atomic E-state index is 14.4. The summed E-state index contributed by atoms with van der Waals surface area (Å²) in [5.41, 5.74) is 3.26. The molecule has 2 atom stereocenters. The molecule has 4 rings (SSSR count). The number of benzene rings is 1. The molecule has 0 radical (unpaired) electrons. The Kier molecular flexibility index (Phi) is 5.17. The van der Waals surface area contributed by atoms with E-state index < -0.39 is 0 Å². The second kappa shape index (κ2) is 7.75. The molecule has 1 saturated heterocycles. The van der Waals surface area contributed by atoms with Gasteiger partial charge in [0.15, 0.2) is 0 Å². The van der Waals surface area contributed by atoms with E-state index in [1.165, 1.54) is 6.07 Å². The number of aryl methyl sites for hydroxylation is 1. The summed E-state index contributed by atoms with van der Waals surface area (Å²) in [6.45, 7) is 6.86. The van der Waals surface area contributed by atoms with Gasteiger partial charge in [-0.05, 0) is 37.6 Å². The molecule has 148 valence electrons. The van der Waals surface area contributed by atoms with Crippen molar-refractivity contribution in [3.05, 3.63) is 53.2 Å². The molecule has 2 aliphatic rings. The van der Waals surface area contributed by atoms with E-state index in [1.807, 2.05) is 19.2 Å². The van der Waals surface area contributed by atoms with Crippen molar-refractivity contribution in [1.29, 1.82) is 0 Å². The summed E-state index contributed by atoms with van der Waals surface area (Å²) in [4.78, 5) is 11.7. The molecular weight excluding hydrogens is 357 g/mol. The minimum atomic E-state index is -0.276. The van der Waals surface area contributed by atoms with E-state index in [1.54, 1.807) is 19.2 Å². The highest BCUT2D eigenvalue weighted by Gasteiger charge is 2.26. The first-order valence-electron chi connectivity index (χ1n) is 9.67. The highest BCUT2D eigenvalue weighted by molar-refractivity contribution is 5.73. The number of nitrogens with one attached hydrogen (secondary N) is 2. The van der Waals surface area contributed by atoms with E-state index in [0.717, 1.165) is 42.5 Å². The topological polar surface area (TPSA) is 62.3 Å². The molecule has 1 aromatic carbocycles. The molecule has 0 saturated carbocycles. The fourth-order valence-corrected chi connectivity index (χ4v) is 3.90. The summed E-state index contributed by atoms with van der Waals surface area (Å²) in [5.74, 6) is 1.03. The lowest BCUT2D eigenvalue weighted by molar-refractivity contribution is 0.409. The van der Waals surface area contributed by atoms with Gasteiger partial charge in [-0.1, -0.05) is 6.07 Å². The van der Waals surface area contributed by atoms with Crippen molar-refractivity contribution in [3.63, 3.8) is 0 Å². The van der Waals surface area contributed by atoms with Gasteiger partial charge in [0.1, 0.15) is 11.6 Å². The molecule has 0 bridgehead atoms. The highest BCUT2D eigenvalue weighted by atomic mass is 19.1. The molecule has 1 fully saturated rings. The zero-order valence-electron chi connectivity index (χ0n) is 16.5. The molecule has 6 nitrogen and oxygen atoms in total. The summed E-state index contributed by atoms with van der Waals surface area (Å²) in [7, 11) is 1.56. The number of rotatable bonds is 4. The van der Waals surface area contributed by atoms with Crippen LogP contribution in [-0.4, -0.2) is 42.8 Å². The van der Waals surface area contributed by atoms with Crippen molar-refractivity contribution in [2.24, 2.45) is 0 Å². The van der Waals surface area contributed by atoms with E-state index in [9.17, 15) is 4.39 Å². The smallest absolute Gasteiger partial charge is 0.225 e. The van der Waals surface area contributed by atoms with Gasteiger partial charge in [0.25, 0.3) is 0 Å². The normalized spacial score (nSPS) is 22.0. The number of ether oxygens (including phenoxy) is 1. The van der Waals surface area contributed by atoms with Crippen LogP contribution in [0.4, 0.5) is 10.3 Å². The van der Waals surface area contributed by atoms with Gasteiger partial charge < -0.3 is 20.3 Å². The Balaban J connectivity index is 1.57. The first-order valence-corrected chi connectivity index (χ1v) is 9.67. The summed E-state index contributed by atoms with van der Waals surface area (Å²) < 4.78 is 19.8. The third-order valence-electron chi connectivity index (χ3n) is 5.27. The molecule has 28 heavy (non-hydrogen) atoms. The third kappa shape index (κ3) is 3.67. The van der Waals surface area contributed by atoms with Gasteiger partial charge in [0, 0.05) is 44.0 Å². The number of halogens is 1. The van der Waals surface area contributed by atoms with Crippen molar-refractivity contribution < 1.29 is 9.13 Å². The van der Waals surface area contributed by atoms with E-state index in [0.29, 0.717) is 23.8 Å². The molecule has 7 heteroatoms. The third-order valence-corrected chi connectivity index (χ3v) is 5.27. The van der Waals surface area contributed by atoms with Gasteiger partial charge in [-0.3, -0.25) is 0 Å². The maximum atomic E-state index is 14.4. The lowest BCUT2D eigenvalue weighted by Crippen LogP contribution is -2.50. The van der Waals surface area contributed by atoms with Crippen LogP contribution < -0.4 is 20.3 Å². The molecule has 3 heterocycles. The summed E-state index contributed by atoms with van der Waals surface area (Å²) in [6.07, 6.45) is 2.51. The molecular formula is C21H26FN5O. The Labute approximate surface area is 164 Å². The fourth-order valence-electron chi connectivity index (χ4n) is 3.90. The standard InChI is InChI=1S/C21H26FN5O/c1-13-9-18(26-21(25-13)27-8-7-23-14(2)12-27)17-10-15(11-24-17)20-16(22)5-4-6-19(20)28-3/h4-6,9,11,14,17,23-24H,7-8,10,12H2,1-3H3. The fraction of sp³-hybridized carbons (Fsp3) is 0.429. The second-order valence-electron chi connectivity index (χ2n) is 7.45. The molecule has 2 aromatic rings. The maximum Gasteiger partial charge on any atom is 0.225 e. The van der Waals surface area contributed by atoms with Gasteiger partial charge in [0.05, 0.1) is 24.4 Å². The number of hydrogen-bond donors (Lipinski definition) is 2. The number of anilines is 1. The van der Waals surface area contributed by atoms with Crippen LogP contribution in [0.5, 0.6) is 5.75 Å². The molecule has 0 aliphatic carbocycles. The molecule has 0 amide bonds. The predicted molar refractivity (Wildman–Crippen MR) is 108 cm³/mol. The zero-order valence-corrected chi connectivity index (χ0v) is 16.5. The largest absolute Gasteiger partial charge is 0.496 e. The van der Waals surface area contributed by atoms with E-state index >= 15 is 0 Å².